The number of pyridine rings is 1. The standard InChI is InChI=1S/C37H36ClF3N8O3/c1-21(39)34-43-28(52-46-34)10-11-29(50)48-15-12-24(19-48)47(2)35-26-17-42-32(25-8-3-6-22-7-4-9-27(38)30(22)25)31(41)33(26)44-36(45-35)51-20-37-13-5-14-49(37)18-23(40)16-37/h3-4,6-11,17,21,23-24H,5,12-16,18-20H2,1-2H3/b11-10+/t21-,23-,24-,37?/m1/s1. The van der Waals surface area contributed by atoms with Gasteiger partial charge in [-0.2, -0.15) is 15.0 Å². The van der Waals surface area contributed by atoms with E-state index in [0.29, 0.717) is 59.7 Å². The van der Waals surface area contributed by atoms with Crippen molar-refractivity contribution in [3.8, 4) is 17.3 Å². The smallest absolute Gasteiger partial charge is 0.319 e. The molecular weight excluding hydrogens is 697 g/mol. The zero-order valence-corrected chi connectivity index (χ0v) is 29.4. The molecule has 0 saturated carbocycles. The lowest BCUT2D eigenvalue weighted by Crippen LogP contribution is -2.43. The number of rotatable bonds is 9. The number of hydrogen-bond donors (Lipinski definition) is 0. The number of likely N-dealkylation sites (tertiary alicyclic amines) is 1. The van der Waals surface area contributed by atoms with Gasteiger partial charge in [0.05, 0.1) is 10.9 Å². The minimum absolute atomic E-state index is 0.0202. The fourth-order valence-corrected chi connectivity index (χ4v) is 8.12. The topological polar surface area (TPSA) is 114 Å². The number of amides is 1. The second-order valence-corrected chi connectivity index (χ2v) is 14.2. The summed E-state index contributed by atoms with van der Waals surface area (Å²) in [7, 11) is 1.83. The van der Waals surface area contributed by atoms with Gasteiger partial charge in [-0.25, -0.2) is 13.2 Å². The van der Waals surface area contributed by atoms with Crippen molar-refractivity contribution < 1.29 is 27.2 Å². The van der Waals surface area contributed by atoms with E-state index in [9.17, 15) is 13.6 Å². The highest BCUT2D eigenvalue weighted by Gasteiger charge is 2.49. The summed E-state index contributed by atoms with van der Waals surface area (Å²) in [6.07, 6.45) is 4.59. The van der Waals surface area contributed by atoms with Crippen LogP contribution in [0.2, 0.25) is 5.02 Å². The van der Waals surface area contributed by atoms with Gasteiger partial charge in [-0.3, -0.25) is 14.7 Å². The molecular formula is C37H36ClF3N8O3. The van der Waals surface area contributed by atoms with Crippen molar-refractivity contribution in [1.29, 1.82) is 0 Å². The lowest BCUT2D eigenvalue weighted by atomic mass is 9.95. The second-order valence-electron chi connectivity index (χ2n) is 13.8. The molecule has 3 fully saturated rings. The van der Waals surface area contributed by atoms with Crippen LogP contribution in [-0.2, 0) is 4.79 Å². The van der Waals surface area contributed by atoms with Gasteiger partial charge in [-0.05, 0) is 44.2 Å². The first kappa shape index (κ1) is 34.3. The van der Waals surface area contributed by atoms with E-state index in [1.54, 1.807) is 23.2 Å². The van der Waals surface area contributed by atoms with Crippen molar-refractivity contribution >= 4 is 51.1 Å². The van der Waals surface area contributed by atoms with E-state index in [4.69, 9.17) is 25.8 Å². The third-order valence-corrected chi connectivity index (χ3v) is 10.8. The summed E-state index contributed by atoms with van der Waals surface area (Å²) in [5.74, 6) is -0.616. The highest BCUT2D eigenvalue weighted by molar-refractivity contribution is 6.36. The molecule has 15 heteroatoms. The average molecular weight is 733 g/mol. The van der Waals surface area contributed by atoms with Gasteiger partial charge >= 0.3 is 6.01 Å². The Hall–Kier alpha value is -4.82. The molecule has 0 N–H and O–H groups in total. The predicted octanol–water partition coefficient (Wildman–Crippen LogP) is 6.76. The van der Waals surface area contributed by atoms with Crippen LogP contribution in [0.4, 0.5) is 19.0 Å². The Kier molecular flexibility index (Phi) is 8.98. The maximum Gasteiger partial charge on any atom is 0.319 e. The number of benzene rings is 2. The van der Waals surface area contributed by atoms with Crippen LogP contribution >= 0.6 is 11.6 Å². The highest BCUT2D eigenvalue weighted by atomic mass is 35.5. The summed E-state index contributed by atoms with van der Waals surface area (Å²) >= 11 is 6.61. The van der Waals surface area contributed by atoms with E-state index < -0.39 is 23.7 Å². The quantitative estimate of drug-likeness (QED) is 0.151. The minimum atomic E-state index is -1.39. The van der Waals surface area contributed by atoms with E-state index in [2.05, 4.69) is 25.0 Å². The number of carbonyl (C=O) groups excluding carboxylic acids is 1. The fraction of sp³-hybridized carbons (Fsp3) is 0.405. The molecule has 1 unspecified atom stereocenters. The number of halogens is 4. The summed E-state index contributed by atoms with van der Waals surface area (Å²) in [4.78, 5) is 36.7. The van der Waals surface area contributed by atoms with Gasteiger partial charge in [0.1, 0.15) is 29.8 Å². The van der Waals surface area contributed by atoms with Gasteiger partial charge in [0, 0.05) is 73.5 Å². The second kappa shape index (κ2) is 13.6. The number of aromatic nitrogens is 5. The Balaban J connectivity index is 1.12. The molecule has 3 aromatic heterocycles. The molecule has 0 spiro atoms. The fourth-order valence-electron chi connectivity index (χ4n) is 7.84. The van der Waals surface area contributed by atoms with Crippen molar-refractivity contribution in [3.05, 3.63) is 71.2 Å². The number of anilines is 1. The van der Waals surface area contributed by atoms with E-state index in [1.165, 1.54) is 19.1 Å². The summed E-state index contributed by atoms with van der Waals surface area (Å²) in [5.41, 5.74) is 0.164. The zero-order chi connectivity index (χ0) is 36.1. The lowest BCUT2D eigenvalue weighted by molar-refractivity contribution is -0.124. The molecule has 1 amide bonds. The summed E-state index contributed by atoms with van der Waals surface area (Å²) < 4.78 is 56.2. The predicted molar refractivity (Wildman–Crippen MR) is 190 cm³/mol. The van der Waals surface area contributed by atoms with E-state index in [0.717, 1.165) is 24.8 Å². The van der Waals surface area contributed by atoms with Crippen molar-refractivity contribution in [3.63, 3.8) is 0 Å². The van der Waals surface area contributed by atoms with Crippen LogP contribution in [0.3, 0.4) is 0 Å². The number of nitrogens with zero attached hydrogens (tertiary/aromatic N) is 8. The molecule has 3 aliphatic rings. The Morgan fingerprint density at radius 3 is 2.83 bits per heavy atom. The van der Waals surface area contributed by atoms with Gasteiger partial charge in [-0.15, -0.1) is 0 Å². The van der Waals surface area contributed by atoms with Crippen LogP contribution in [-0.4, -0.2) is 98.4 Å². The van der Waals surface area contributed by atoms with Crippen molar-refractivity contribution in [2.45, 2.75) is 56.5 Å². The molecule has 2 aromatic carbocycles. The minimum Gasteiger partial charge on any atom is -0.461 e. The maximum atomic E-state index is 16.8. The number of fused-ring (bicyclic) bond motifs is 3. The van der Waals surface area contributed by atoms with E-state index in [-0.39, 0.29) is 47.5 Å². The molecule has 52 heavy (non-hydrogen) atoms. The molecule has 4 atom stereocenters. The van der Waals surface area contributed by atoms with E-state index in [1.807, 2.05) is 36.2 Å². The zero-order valence-electron chi connectivity index (χ0n) is 28.6. The number of ether oxygens (including phenoxy) is 1. The van der Waals surface area contributed by atoms with Gasteiger partial charge in [0.25, 0.3) is 5.89 Å². The van der Waals surface area contributed by atoms with Gasteiger partial charge in [0.2, 0.25) is 11.7 Å². The maximum absolute atomic E-state index is 16.8. The number of likely N-dealkylation sites (N-methyl/N-ethyl adjacent to an activating group) is 1. The van der Waals surface area contributed by atoms with Gasteiger partial charge < -0.3 is 19.1 Å². The SMILES string of the molecule is C[C@@H](F)c1noc(/C=C/C(=O)N2CC[C@@H](N(C)c3nc(OCC45CCCN4C[C@H](F)C5)nc4c(F)c(-c5cccc6cccc(Cl)c56)ncc34)C2)n1. The first-order valence-corrected chi connectivity index (χ1v) is 17.7. The molecule has 270 valence electrons. The highest BCUT2D eigenvalue weighted by Crippen LogP contribution is 2.41. The molecule has 0 radical (unpaired) electrons. The summed E-state index contributed by atoms with van der Waals surface area (Å²) in [6.45, 7) is 3.42. The van der Waals surface area contributed by atoms with Crippen molar-refractivity contribution in [1.82, 2.24) is 34.9 Å². The molecule has 0 aliphatic carbocycles. The Bertz CT molecular complexity index is 2200. The van der Waals surface area contributed by atoms with Crippen molar-refractivity contribution in [2.75, 3.05) is 44.7 Å². The Morgan fingerprint density at radius 1 is 1.19 bits per heavy atom. The molecule has 3 saturated heterocycles. The largest absolute Gasteiger partial charge is 0.461 e. The van der Waals surface area contributed by atoms with Crippen LogP contribution in [0.5, 0.6) is 6.01 Å². The van der Waals surface area contributed by atoms with Crippen molar-refractivity contribution in [2.24, 2.45) is 0 Å². The van der Waals surface area contributed by atoms with Gasteiger partial charge in [-0.1, -0.05) is 47.1 Å². The molecule has 6 heterocycles. The van der Waals surface area contributed by atoms with Gasteiger partial charge in [0.15, 0.2) is 12.0 Å². The Labute approximate surface area is 302 Å². The van der Waals surface area contributed by atoms with Crippen LogP contribution in [0.1, 0.15) is 50.5 Å². The molecule has 0 bridgehead atoms. The molecule has 3 aliphatic heterocycles. The monoisotopic (exact) mass is 732 g/mol. The van der Waals surface area contributed by atoms with Crippen LogP contribution in [0, 0.1) is 5.82 Å². The average Bonchev–Trinajstić information content (AvgIpc) is 3.94. The number of carbonyl (C=O) groups is 1. The third kappa shape index (κ3) is 6.21. The Morgan fingerprint density at radius 2 is 2.02 bits per heavy atom. The van der Waals surface area contributed by atoms with Crippen LogP contribution in [0.25, 0.3) is 39.0 Å². The molecule has 5 aromatic rings. The van der Waals surface area contributed by atoms with E-state index >= 15 is 4.39 Å². The summed E-state index contributed by atoms with van der Waals surface area (Å²) in [6, 6.07) is 10.8. The molecule has 11 nitrogen and oxygen atoms in total. The van der Waals surface area contributed by atoms with Crippen LogP contribution in [0.15, 0.2) is 53.2 Å². The first-order chi connectivity index (χ1) is 25.1. The van der Waals surface area contributed by atoms with Crippen LogP contribution < -0.4 is 9.64 Å². The lowest BCUT2D eigenvalue weighted by Gasteiger charge is -2.31. The number of alkyl halides is 2. The normalized spacial score (nSPS) is 22.5. The third-order valence-electron chi connectivity index (χ3n) is 10.5. The molecule has 8 rings (SSSR count). The first-order valence-electron chi connectivity index (χ1n) is 17.3. The number of hydrogen-bond acceptors (Lipinski definition) is 10. The summed E-state index contributed by atoms with van der Waals surface area (Å²) in [5, 5.41) is 5.92.